The van der Waals surface area contributed by atoms with Crippen LogP contribution in [-0.2, 0) is 6.54 Å². The number of nitrogens with two attached hydrogens (primary N) is 1. The van der Waals surface area contributed by atoms with Crippen molar-refractivity contribution in [3.05, 3.63) is 30.0 Å². The second-order valence-electron chi connectivity index (χ2n) is 2.37. The van der Waals surface area contributed by atoms with Gasteiger partial charge in [-0.1, -0.05) is 17.3 Å². The summed E-state index contributed by atoms with van der Waals surface area (Å²) in [6.07, 6.45) is 1.69. The van der Waals surface area contributed by atoms with Gasteiger partial charge < -0.3 is 10.3 Å². The summed E-state index contributed by atoms with van der Waals surface area (Å²) in [5, 5.41) is 4.69. The van der Waals surface area contributed by atoms with Gasteiger partial charge >= 0.3 is 0 Å². The first-order valence-electron chi connectivity index (χ1n) is 3.44. The molecule has 56 valence electrons. The Morgan fingerprint density at radius 2 is 2.36 bits per heavy atom. The van der Waals surface area contributed by atoms with Crippen molar-refractivity contribution >= 4 is 11.0 Å². The van der Waals surface area contributed by atoms with Gasteiger partial charge in [0.1, 0.15) is 0 Å². The fourth-order valence-corrected chi connectivity index (χ4v) is 1.11. The maximum atomic E-state index is 5.49. The summed E-state index contributed by atoms with van der Waals surface area (Å²) in [7, 11) is 0. The normalized spacial score (nSPS) is 10.6. The average Bonchev–Trinajstić information content (AvgIpc) is 2.50. The van der Waals surface area contributed by atoms with E-state index in [9.17, 15) is 0 Å². The molecule has 0 aliphatic rings. The zero-order chi connectivity index (χ0) is 7.68. The lowest BCUT2D eigenvalue weighted by molar-refractivity contribution is 0.454. The van der Waals surface area contributed by atoms with Gasteiger partial charge in [0.05, 0.1) is 6.20 Å². The van der Waals surface area contributed by atoms with E-state index in [-0.39, 0.29) is 0 Å². The Kier molecular flexibility index (Phi) is 1.36. The van der Waals surface area contributed by atoms with Crippen LogP contribution in [0.15, 0.2) is 28.9 Å². The summed E-state index contributed by atoms with van der Waals surface area (Å²) in [4.78, 5) is 0. The number of rotatable bonds is 1. The third kappa shape index (κ3) is 0.897. The molecule has 0 fully saturated rings. The van der Waals surface area contributed by atoms with Gasteiger partial charge in [0.2, 0.25) is 0 Å². The fraction of sp³-hybridized carbons (Fsp3) is 0.125. The summed E-state index contributed by atoms with van der Waals surface area (Å²) in [6, 6.07) is 5.83. The number of hydrogen-bond donors (Lipinski definition) is 1. The monoisotopic (exact) mass is 148 g/mol. The topological polar surface area (TPSA) is 52.0 Å². The van der Waals surface area contributed by atoms with Crippen molar-refractivity contribution in [3.8, 4) is 0 Å². The minimum atomic E-state index is 0.493. The fourth-order valence-electron chi connectivity index (χ4n) is 1.11. The number of hydrogen-bond acceptors (Lipinski definition) is 3. The third-order valence-electron chi connectivity index (χ3n) is 1.68. The number of benzene rings is 1. The summed E-state index contributed by atoms with van der Waals surface area (Å²) < 4.78 is 5.01. The second-order valence-corrected chi connectivity index (χ2v) is 2.37. The molecule has 11 heavy (non-hydrogen) atoms. The SMILES string of the molecule is NCc1cccc2cnoc12. The summed E-state index contributed by atoms with van der Waals surface area (Å²) in [5.74, 6) is 0. The smallest absolute Gasteiger partial charge is 0.171 e. The molecule has 3 nitrogen and oxygen atoms in total. The van der Waals surface area contributed by atoms with Gasteiger partial charge in [0, 0.05) is 17.5 Å². The highest BCUT2D eigenvalue weighted by Crippen LogP contribution is 2.16. The van der Waals surface area contributed by atoms with Crippen molar-refractivity contribution in [2.24, 2.45) is 5.73 Å². The Hall–Kier alpha value is -1.35. The maximum Gasteiger partial charge on any atom is 0.171 e. The van der Waals surface area contributed by atoms with Crippen molar-refractivity contribution in [2.45, 2.75) is 6.54 Å². The van der Waals surface area contributed by atoms with E-state index in [4.69, 9.17) is 10.3 Å². The molecule has 1 aromatic carbocycles. The van der Waals surface area contributed by atoms with Crippen LogP contribution in [0.3, 0.4) is 0 Å². The van der Waals surface area contributed by atoms with Crippen molar-refractivity contribution in [3.63, 3.8) is 0 Å². The predicted molar refractivity (Wildman–Crippen MR) is 41.9 cm³/mol. The molecule has 0 atom stereocenters. The van der Waals surface area contributed by atoms with Crippen LogP contribution in [0, 0.1) is 0 Å². The largest absolute Gasteiger partial charge is 0.356 e. The lowest BCUT2D eigenvalue weighted by Gasteiger charge is -1.93. The van der Waals surface area contributed by atoms with Gasteiger partial charge in [0.15, 0.2) is 5.58 Å². The van der Waals surface area contributed by atoms with E-state index in [1.165, 1.54) is 0 Å². The molecule has 0 unspecified atom stereocenters. The highest BCUT2D eigenvalue weighted by Gasteiger charge is 2.01. The summed E-state index contributed by atoms with van der Waals surface area (Å²) in [6.45, 7) is 0.493. The molecular weight excluding hydrogens is 140 g/mol. The highest BCUT2D eigenvalue weighted by atomic mass is 16.5. The van der Waals surface area contributed by atoms with Crippen LogP contribution >= 0.6 is 0 Å². The molecule has 0 spiro atoms. The minimum Gasteiger partial charge on any atom is -0.356 e. The molecule has 0 aliphatic carbocycles. The van der Waals surface area contributed by atoms with Crippen LogP contribution in [0.2, 0.25) is 0 Å². The standard InChI is InChI=1S/C8H8N2O/c9-4-6-2-1-3-7-5-10-11-8(6)7/h1-3,5H,4,9H2. The summed E-state index contributed by atoms with van der Waals surface area (Å²) in [5.41, 5.74) is 7.29. The van der Waals surface area contributed by atoms with Crippen molar-refractivity contribution < 1.29 is 4.52 Å². The van der Waals surface area contributed by atoms with Gasteiger partial charge in [-0.25, -0.2) is 0 Å². The van der Waals surface area contributed by atoms with Crippen molar-refractivity contribution in [1.82, 2.24) is 5.16 Å². The van der Waals surface area contributed by atoms with Crippen LogP contribution in [0.5, 0.6) is 0 Å². The van der Waals surface area contributed by atoms with Gasteiger partial charge in [-0.3, -0.25) is 0 Å². The number of fused-ring (bicyclic) bond motifs is 1. The van der Waals surface area contributed by atoms with Gasteiger partial charge in [-0.2, -0.15) is 0 Å². The Balaban J connectivity index is 2.79. The molecule has 0 saturated carbocycles. The van der Waals surface area contributed by atoms with Crippen LogP contribution in [0.25, 0.3) is 11.0 Å². The van der Waals surface area contributed by atoms with E-state index in [1.54, 1.807) is 6.20 Å². The molecule has 0 radical (unpaired) electrons. The number of aromatic nitrogens is 1. The van der Waals surface area contributed by atoms with E-state index in [2.05, 4.69) is 5.16 Å². The first-order chi connectivity index (χ1) is 5.42. The van der Waals surface area contributed by atoms with E-state index >= 15 is 0 Å². The quantitative estimate of drug-likeness (QED) is 0.662. The van der Waals surface area contributed by atoms with Gasteiger partial charge in [-0.15, -0.1) is 0 Å². The minimum absolute atomic E-state index is 0.493. The molecule has 2 N–H and O–H groups in total. The molecule has 0 aliphatic heterocycles. The Labute approximate surface area is 63.8 Å². The van der Waals surface area contributed by atoms with E-state index < -0.39 is 0 Å². The van der Waals surface area contributed by atoms with E-state index in [1.807, 2.05) is 18.2 Å². The van der Waals surface area contributed by atoms with Crippen LogP contribution in [0.1, 0.15) is 5.56 Å². The molecule has 0 saturated heterocycles. The molecule has 2 rings (SSSR count). The third-order valence-corrected chi connectivity index (χ3v) is 1.68. The molecular formula is C8H8N2O. The number of para-hydroxylation sites is 1. The molecule has 3 heteroatoms. The Morgan fingerprint density at radius 3 is 3.18 bits per heavy atom. The molecule has 1 heterocycles. The van der Waals surface area contributed by atoms with Crippen LogP contribution < -0.4 is 5.73 Å². The second kappa shape index (κ2) is 2.36. The van der Waals surface area contributed by atoms with E-state index in [0.717, 1.165) is 16.5 Å². The van der Waals surface area contributed by atoms with Gasteiger partial charge in [-0.05, 0) is 6.07 Å². The zero-order valence-corrected chi connectivity index (χ0v) is 5.95. The Morgan fingerprint density at radius 1 is 1.45 bits per heavy atom. The first kappa shape index (κ1) is 6.37. The molecule has 0 bridgehead atoms. The van der Waals surface area contributed by atoms with Gasteiger partial charge in [0.25, 0.3) is 0 Å². The number of nitrogens with zero attached hydrogens (tertiary/aromatic N) is 1. The van der Waals surface area contributed by atoms with Crippen molar-refractivity contribution in [1.29, 1.82) is 0 Å². The Bertz CT molecular complexity index is 367. The summed E-state index contributed by atoms with van der Waals surface area (Å²) >= 11 is 0. The van der Waals surface area contributed by atoms with Crippen LogP contribution in [0.4, 0.5) is 0 Å². The lowest BCUT2D eigenvalue weighted by atomic mass is 10.2. The van der Waals surface area contributed by atoms with Crippen molar-refractivity contribution in [2.75, 3.05) is 0 Å². The maximum absolute atomic E-state index is 5.49. The lowest BCUT2D eigenvalue weighted by Crippen LogP contribution is -1.95. The molecule has 0 amide bonds. The van der Waals surface area contributed by atoms with Crippen LogP contribution in [-0.4, -0.2) is 5.16 Å². The molecule has 1 aromatic heterocycles. The zero-order valence-electron chi connectivity index (χ0n) is 5.95. The molecule has 2 aromatic rings. The predicted octanol–water partition coefficient (Wildman–Crippen LogP) is 1.29. The van der Waals surface area contributed by atoms with E-state index in [0.29, 0.717) is 6.54 Å². The first-order valence-corrected chi connectivity index (χ1v) is 3.44. The average molecular weight is 148 g/mol. The highest BCUT2D eigenvalue weighted by molar-refractivity contribution is 5.78.